The number of hydrogen-bond donors (Lipinski definition) is 2. The minimum absolute atomic E-state index is 0.0618. The van der Waals surface area contributed by atoms with Crippen LogP contribution in [-0.2, 0) is 14.8 Å². The smallest absolute Gasteiger partial charge is 0.265 e. The van der Waals surface area contributed by atoms with Gasteiger partial charge in [-0.3, -0.25) is 9.52 Å². The Morgan fingerprint density at radius 1 is 0.968 bits per heavy atom. The highest BCUT2D eigenvalue weighted by atomic mass is 32.2. The second kappa shape index (κ2) is 9.18. The number of amides is 1. The van der Waals surface area contributed by atoms with E-state index in [4.69, 9.17) is 4.74 Å². The third-order valence-corrected chi connectivity index (χ3v) is 5.81. The SMILES string of the molecule is Cc1cc(C)cc(OC(C)C(=O)Nc2ccc(S(=O)(=O)Nc3ccccc3F)cc2)c1. The van der Waals surface area contributed by atoms with Gasteiger partial charge in [-0.15, -0.1) is 0 Å². The first-order valence-corrected chi connectivity index (χ1v) is 11.1. The maximum atomic E-state index is 13.7. The number of anilines is 2. The molecule has 0 radical (unpaired) electrons. The molecule has 31 heavy (non-hydrogen) atoms. The van der Waals surface area contributed by atoms with Crippen molar-refractivity contribution in [1.29, 1.82) is 0 Å². The van der Waals surface area contributed by atoms with Gasteiger partial charge in [-0.25, -0.2) is 12.8 Å². The molecule has 1 atom stereocenters. The van der Waals surface area contributed by atoms with E-state index >= 15 is 0 Å². The van der Waals surface area contributed by atoms with Crippen LogP contribution in [0.3, 0.4) is 0 Å². The predicted octanol–water partition coefficient (Wildman–Crippen LogP) is 4.65. The molecule has 0 heterocycles. The Bertz CT molecular complexity index is 1170. The summed E-state index contributed by atoms with van der Waals surface area (Å²) in [5.74, 6) is -0.451. The van der Waals surface area contributed by atoms with Crippen molar-refractivity contribution in [2.24, 2.45) is 0 Å². The number of sulfonamides is 1. The molecular weight excluding hydrogens is 419 g/mol. The van der Waals surface area contributed by atoms with E-state index in [0.717, 1.165) is 17.2 Å². The van der Waals surface area contributed by atoms with E-state index in [-0.39, 0.29) is 16.5 Å². The Hall–Kier alpha value is -3.39. The molecule has 1 amide bonds. The lowest BCUT2D eigenvalue weighted by molar-refractivity contribution is -0.122. The van der Waals surface area contributed by atoms with Gasteiger partial charge in [0.15, 0.2) is 6.10 Å². The van der Waals surface area contributed by atoms with Crippen LogP contribution in [0.15, 0.2) is 71.6 Å². The fraction of sp³-hybridized carbons (Fsp3) is 0.174. The summed E-state index contributed by atoms with van der Waals surface area (Å²) < 4.78 is 46.6. The van der Waals surface area contributed by atoms with Crippen molar-refractivity contribution in [2.75, 3.05) is 10.0 Å². The van der Waals surface area contributed by atoms with Crippen molar-refractivity contribution >= 4 is 27.3 Å². The van der Waals surface area contributed by atoms with Crippen molar-refractivity contribution in [3.63, 3.8) is 0 Å². The number of carbonyl (C=O) groups is 1. The van der Waals surface area contributed by atoms with Gasteiger partial charge in [-0.2, -0.15) is 0 Å². The first kappa shape index (κ1) is 22.3. The van der Waals surface area contributed by atoms with Crippen molar-refractivity contribution in [2.45, 2.75) is 31.8 Å². The Balaban J connectivity index is 1.65. The number of nitrogens with one attached hydrogen (secondary N) is 2. The maximum Gasteiger partial charge on any atom is 0.265 e. The van der Waals surface area contributed by atoms with Crippen LogP contribution in [0.25, 0.3) is 0 Å². The highest BCUT2D eigenvalue weighted by Crippen LogP contribution is 2.21. The number of hydrogen-bond acceptors (Lipinski definition) is 4. The summed E-state index contributed by atoms with van der Waals surface area (Å²) in [6.07, 6.45) is -0.757. The lowest BCUT2D eigenvalue weighted by Crippen LogP contribution is -2.30. The molecule has 0 aromatic heterocycles. The van der Waals surface area contributed by atoms with E-state index in [1.54, 1.807) is 6.92 Å². The van der Waals surface area contributed by atoms with E-state index in [1.807, 2.05) is 32.0 Å². The van der Waals surface area contributed by atoms with Crippen LogP contribution in [0.5, 0.6) is 5.75 Å². The maximum absolute atomic E-state index is 13.7. The number of benzene rings is 3. The molecule has 1 unspecified atom stereocenters. The first-order valence-electron chi connectivity index (χ1n) is 9.57. The minimum Gasteiger partial charge on any atom is -0.481 e. The molecule has 6 nitrogen and oxygen atoms in total. The summed E-state index contributed by atoms with van der Waals surface area (Å²) in [6, 6.07) is 16.8. The van der Waals surface area contributed by atoms with Gasteiger partial charge < -0.3 is 10.1 Å². The number of rotatable bonds is 7. The number of aryl methyl sites for hydroxylation is 2. The van der Waals surface area contributed by atoms with Gasteiger partial charge in [0, 0.05) is 5.69 Å². The first-order chi connectivity index (χ1) is 14.6. The molecule has 0 spiro atoms. The van der Waals surface area contributed by atoms with Crippen LogP contribution in [0.4, 0.5) is 15.8 Å². The summed E-state index contributed by atoms with van der Waals surface area (Å²) in [6.45, 7) is 5.52. The Kier molecular flexibility index (Phi) is 6.60. The Morgan fingerprint density at radius 3 is 2.19 bits per heavy atom. The molecule has 0 saturated heterocycles. The molecule has 0 saturated carbocycles. The average molecular weight is 443 g/mol. The van der Waals surface area contributed by atoms with Gasteiger partial charge >= 0.3 is 0 Å². The van der Waals surface area contributed by atoms with Gasteiger partial charge in [0.1, 0.15) is 11.6 Å². The van der Waals surface area contributed by atoms with Crippen molar-refractivity contribution < 1.29 is 22.3 Å². The van der Waals surface area contributed by atoms with Crippen molar-refractivity contribution in [3.05, 3.63) is 83.7 Å². The van der Waals surface area contributed by atoms with E-state index < -0.39 is 21.9 Å². The number of carbonyl (C=O) groups excluding carboxylic acids is 1. The number of halogens is 1. The van der Waals surface area contributed by atoms with Crippen LogP contribution in [0.1, 0.15) is 18.1 Å². The van der Waals surface area contributed by atoms with E-state index in [9.17, 15) is 17.6 Å². The molecule has 0 aliphatic carbocycles. The molecule has 2 N–H and O–H groups in total. The largest absolute Gasteiger partial charge is 0.481 e. The molecule has 0 aliphatic heterocycles. The lowest BCUT2D eigenvalue weighted by atomic mass is 10.1. The Labute approximate surface area is 181 Å². The summed E-state index contributed by atoms with van der Waals surface area (Å²) >= 11 is 0. The van der Waals surface area contributed by atoms with E-state index in [1.165, 1.54) is 42.5 Å². The van der Waals surface area contributed by atoms with Gasteiger partial charge in [0.05, 0.1) is 10.6 Å². The summed E-state index contributed by atoms with van der Waals surface area (Å²) in [5, 5.41) is 2.69. The second-order valence-corrected chi connectivity index (χ2v) is 8.86. The molecule has 3 rings (SSSR count). The quantitative estimate of drug-likeness (QED) is 0.558. The second-order valence-electron chi connectivity index (χ2n) is 7.18. The molecule has 8 heteroatoms. The zero-order valence-electron chi connectivity index (χ0n) is 17.3. The lowest BCUT2D eigenvalue weighted by Gasteiger charge is -2.16. The van der Waals surface area contributed by atoms with Crippen LogP contribution >= 0.6 is 0 Å². The third kappa shape index (κ3) is 5.82. The van der Waals surface area contributed by atoms with Gasteiger partial charge in [0.2, 0.25) is 0 Å². The molecule has 0 aliphatic rings. The Morgan fingerprint density at radius 2 is 1.58 bits per heavy atom. The number of ether oxygens (including phenoxy) is 1. The third-order valence-electron chi connectivity index (χ3n) is 4.43. The van der Waals surface area contributed by atoms with Crippen LogP contribution < -0.4 is 14.8 Å². The van der Waals surface area contributed by atoms with E-state index in [0.29, 0.717) is 11.4 Å². The van der Waals surface area contributed by atoms with Crippen LogP contribution in [-0.4, -0.2) is 20.4 Å². The van der Waals surface area contributed by atoms with Gasteiger partial charge in [0.25, 0.3) is 15.9 Å². The highest BCUT2D eigenvalue weighted by molar-refractivity contribution is 7.92. The highest BCUT2D eigenvalue weighted by Gasteiger charge is 2.18. The van der Waals surface area contributed by atoms with Gasteiger partial charge in [-0.1, -0.05) is 18.2 Å². The molecule has 3 aromatic rings. The summed E-state index contributed by atoms with van der Waals surface area (Å²) in [5.41, 5.74) is 2.33. The van der Waals surface area contributed by atoms with Gasteiger partial charge in [-0.05, 0) is 80.4 Å². The van der Waals surface area contributed by atoms with Crippen LogP contribution in [0, 0.1) is 19.7 Å². The molecule has 162 valence electrons. The molecular formula is C23H23FN2O4S. The monoisotopic (exact) mass is 442 g/mol. The topological polar surface area (TPSA) is 84.5 Å². The zero-order valence-corrected chi connectivity index (χ0v) is 18.2. The van der Waals surface area contributed by atoms with Crippen molar-refractivity contribution in [3.8, 4) is 5.75 Å². The predicted molar refractivity (Wildman–Crippen MR) is 118 cm³/mol. The summed E-state index contributed by atoms with van der Waals surface area (Å²) in [7, 11) is -3.97. The van der Waals surface area contributed by atoms with E-state index in [2.05, 4.69) is 10.0 Å². The average Bonchev–Trinajstić information content (AvgIpc) is 2.69. The zero-order chi connectivity index (χ0) is 22.6. The molecule has 0 fully saturated rings. The molecule has 3 aromatic carbocycles. The minimum atomic E-state index is -3.97. The fourth-order valence-electron chi connectivity index (χ4n) is 2.97. The van der Waals surface area contributed by atoms with Crippen LogP contribution in [0.2, 0.25) is 0 Å². The summed E-state index contributed by atoms with van der Waals surface area (Å²) in [4.78, 5) is 12.4. The normalized spacial score (nSPS) is 12.1. The fourth-order valence-corrected chi connectivity index (χ4v) is 4.03. The molecule has 0 bridgehead atoms. The number of para-hydroxylation sites is 1. The van der Waals surface area contributed by atoms with Crippen molar-refractivity contribution in [1.82, 2.24) is 0 Å². The standard InChI is InChI=1S/C23H23FN2O4S/c1-15-12-16(2)14-19(13-15)30-17(3)23(27)25-18-8-10-20(11-9-18)31(28,29)26-22-7-5-4-6-21(22)24/h4-14,17,26H,1-3H3,(H,25,27).